The molecule has 0 radical (unpaired) electrons. The molecule has 1 aromatic heterocycles. The van der Waals surface area contributed by atoms with Crippen LogP contribution in [0.15, 0.2) is 18.3 Å². The lowest BCUT2D eigenvalue weighted by Gasteiger charge is -2.32. The first-order chi connectivity index (χ1) is 9.24. The second-order valence-corrected chi connectivity index (χ2v) is 4.55. The monoisotopic (exact) mass is 264 g/mol. The maximum atomic E-state index is 12.3. The second kappa shape index (κ2) is 6.49. The highest BCUT2D eigenvalue weighted by molar-refractivity contribution is 5.92. The van der Waals surface area contributed by atoms with Crippen LogP contribution in [0, 0.1) is 0 Å². The molecule has 1 fully saturated rings. The largest absolute Gasteiger partial charge is 0.377 e. The molecule has 1 aliphatic heterocycles. The number of nitrogens with two attached hydrogens (primary N) is 1. The number of carbonyl (C=O) groups is 1. The molecule has 0 aliphatic carbocycles. The molecule has 6 nitrogen and oxygen atoms in total. The molecule has 19 heavy (non-hydrogen) atoms. The molecule has 3 N–H and O–H groups in total. The summed E-state index contributed by atoms with van der Waals surface area (Å²) in [4.78, 5) is 18.2. The fraction of sp³-hybridized carbons (Fsp3) is 0.538. The summed E-state index contributed by atoms with van der Waals surface area (Å²) >= 11 is 0. The zero-order valence-electron chi connectivity index (χ0n) is 11.1. The van der Waals surface area contributed by atoms with Gasteiger partial charge in [-0.05, 0) is 31.9 Å². The van der Waals surface area contributed by atoms with E-state index in [1.807, 2.05) is 11.8 Å². The number of hydrazine groups is 1. The van der Waals surface area contributed by atoms with Crippen molar-refractivity contribution in [2.24, 2.45) is 5.84 Å². The Hall–Kier alpha value is -1.66. The van der Waals surface area contributed by atoms with Gasteiger partial charge in [0.2, 0.25) is 0 Å². The third-order valence-electron chi connectivity index (χ3n) is 3.22. The van der Waals surface area contributed by atoms with E-state index in [2.05, 4.69) is 10.4 Å². The summed E-state index contributed by atoms with van der Waals surface area (Å²) in [5, 5.41) is 0. The van der Waals surface area contributed by atoms with Crippen molar-refractivity contribution < 1.29 is 9.53 Å². The topological polar surface area (TPSA) is 80.5 Å². The van der Waals surface area contributed by atoms with Gasteiger partial charge in [0.1, 0.15) is 5.69 Å². The van der Waals surface area contributed by atoms with E-state index >= 15 is 0 Å². The van der Waals surface area contributed by atoms with Crippen molar-refractivity contribution in [2.75, 3.05) is 25.1 Å². The fourth-order valence-corrected chi connectivity index (χ4v) is 2.26. The van der Waals surface area contributed by atoms with Gasteiger partial charge in [-0.25, -0.2) is 4.98 Å². The lowest BCUT2D eigenvalue weighted by molar-refractivity contribution is 0.00703. The predicted octanol–water partition coefficient (Wildman–Crippen LogP) is 1.01. The first-order valence-corrected chi connectivity index (χ1v) is 6.58. The summed E-state index contributed by atoms with van der Waals surface area (Å²) < 4.78 is 5.59. The first-order valence-electron chi connectivity index (χ1n) is 6.58. The lowest BCUT2D eigenvalue weighted by atomic mass is 10.1. The zero-order chi connectivity index (χ0) is 13.7. The maximum Gasteiger partial charge on any atom is 0.272 e. The van der Waals surface area contributed by atoms with E-state index in [1.54, 1.807) is 18.3 Å². The smallest absolute Gasteiger partial charge is 0.272 e. The normalized spacial score (nSPS) is 19.3. The number of hydrogen-bond donors (Lipinski definition) is 2. The van der Waals surface area contributed by atoms with Gasteiger partial charge in [-0.3, -0.25) is 10.6 Å². The number of aromatic nitrogens is 1. The van der Waals surface area contributed by atoms with Crippen LogP contribution in [0.1, 0.15) is 30.3 Å². The Morgan fingerprint density at radius 2 is 2.47 bits per heavy atom. The molecular weight excluding hydrogens is 244 g/mol. The van der Waals surface area contributed by atoms with Crippen LogP contribution in [0.5, 0.6) is 0 Å². The molecule has 1 aliphatic rings. The molecule has 1 saturated heterocycles. The van der Waals surface area contributed by atoms with Crippen LogP contribution in [-0.4, -0.2) is 41.6 Å². The number of carbonyl (C=O) groups excluding carboxylic acids is 1. The minimum absolute atomic E-state index is 0.0482. The van der Waals surface area contributed by atoms with Crippen molar-refractivity contribution in [3.05, 3.63) is 24.0 Å². The molecule has 0 spiro atoms. The number of likely N-dealkylation sites (tertiary alicyclic amines) is 1. The Morgan fingerprint density at radius 3 is 3.11 bits per heavy atom. The molecule has 2 heterocycles. The number of ether oxygens (including phenoxy) is 1. The Kier molecular flexibility index (Phi) is 4.70. The highest BCUT2D eigenvalue weighted by atomic mass is 16.5. The van der Waals surface area contributed by atoms with Crippen LogP contribution < -0.4 is 11.3 Å². The Balaban J connectivity index is 2.01. The minimum atomic E-state index is -0.0482. The molecule has 0 aromatic carbocycles. The summed E-state index contributed by atoms with van der Waals surface area (Å²) in [6.07, 6.45) is 3.68. The van der Waals surface area contributed by atoms with Crippen LogP contribution in [0.4, 0.5) is 5.69 Å². The average Bonchev–Trinajstić information content (AvgIpc) is 2.47. The van der Waals surface area contributed by atoms with Crippen molar-refractivity contribution >= 4 is 11.6 Å². The van der Waals surface area contributed by atoms with Crippen LogP contribution in [-0.2, 0) is 4.74 Å². The average molecular weight is 264 g/mol. The standard InChI is InChI=1S/C13H20N4O2/c1-2-19-11-4-3-7-17(9-11)13(18)12-6-5-10(16-14)8-15-12/h5-6,8,11,16H,2-4,7,9,14H2,1H3. The molecule has 104 valence electrons. The van der Waals surface area contributed by atoms with Crippen molar-refractivity contribution in [3.63, 3.8) is 0 Å². The van der Waals surface area contributed by atoms with E-state index in [1.165, 1.54) is 0 Å². The van der Waals surface area contributed by atoms with Crippen molar-refractivity contribution in [3.8, 4) is 0 Å². The van der Waals surface area contributed by atoms with Crippen molar-refractivity contribution in [2.45, 2.75) is 25.9 Å². The van der Waals surface area contributed by atoms with Gasteiger partial charge >= 0.3 is 0 Å². The number of pyridine rings is 1. The Morgan fingerprint density at radius 1 is 1.63 bits per heavy atom. The zero-order valence-corrected chi connectivity index (χ0v) is 11.1. The predicted molar refractivity (Wildman–Crippen MR) is 72.6 cm³/mol. The number of nitrogen functional groups attached to an aromatic ring is 1. The molecule has 1 amide bonds. The highest BCUT2D eigenvalue weighted by Crippen LogP contribution is 2.16. The number of hydrogen-bond acceptors (Lipinski definition) is 5. The third-order valence-corrected chi connectivity index (χ3v) is 3.22. The van der Waals surface area contributed by atoms with Crippen LogP contribution in [0.3, 0.4) is 0 Å². The Labute approximate surface area is 112 Å². The molecule has 1 unspecified atom stereocenters. The van der Waals surface area contributed by atoms with E-state index in [4.69, 9.17) is 10.6 Å². The van der Waals surface area contributed by atoms with Crippen LogP contribution in [0.2, 0.25) is 0 Å². The summed E-state index contributed by atoms with van der Waals surface area (Å²) in [6.45, 7) is 4.06. The van der Waals surface area contributed by atoms with Crippen LogP contribution in [0.25, 0.3) is 0 Å². The van der Waals surface area contributed by atoms with Gasteiger partial charge in [-0.2, -0.15) is 0 Å². The molecule has 0 saturated carbocycles. The highest BCUT2D eigenvalue weighted by Gasteiger charge is 2.25. The van der Waals surface area contributed by atoms with Gasteiger partial charge in [0.25, 0.3) is 5.91 Å². The number of nitrogens with zero attached hydrogens (tertiary/aromatic N) is 2. The SMILES string of the molecule is CCOC1CCCN(C(=O)c2ccc(NN)cn2)C1. The molecule has 0 bridgehead atoms. The van der Waals surface area contributed by atoms with Gasteiger partial charge in [0.05, 0.1) is 18.0 Å². The maximum absolute atomic E-state index is 12.3. The first kappa shape index (κ1) is 13.8. The number of amides is 1. The number of rotatable bonds is 4. The van der Waals surface area contributed by atoms with Gasteiger partial charge in [-0.1, -0.05) is 0 Å². The second-order valence-electron chi connectivity index (χ2n) is 4.55. The number of piperidine rings is 1. The van der Waals surface area contributed by atoms with Crippen LogP contribution >= 0.6 is 0 Å². The third kappa shape index (κ3) is 3.42. The molecule has 1 atom stereocenters. The Bertz CT molecular complexity index is 419. The summed E-state index contributed by atoms with van der Waals surface area (Å²) in [7, 11) is 0. The van der Waals surface area contributed by atoms with E-state index < -0.39 is 0 Å². The quantitative estimate of drug-likeness (QED) is 0.626. The summed E-state index contributed by atoms with van der Waals surface area (Å²) in [5.74, 6) is 5.22. The summed E-state index contributed by atoms with van der Waals surface area (Å²) in [6, 6.07) is 3.42. The van der Waals surface area contributed by atoms with E-state index in [-0.39, 0.29) is 12.0 Å². The molecular formula is C13H20N4O2. The van der Waals surface area contributed by atoms with Gasteiger partial charge < -0.3 is 15.1 Å². The van der Waals surface area contributed by atoms with Gasteiger partial charge in [0, 0.05) is 19.7 Å². The lowest BCUT2D eigenvalue weighted by Crippen LogP contribution is -2.43. The molecule has 1 aromatic rings. The molecule has 2 rings (SSSR count). The number of anilines is 1. The minimum Gasteiger partial charge on any atom is -0.377 e. The van der Waals surface area contributed by atoms with Crippen molar-refractivity contribution in [1.82, 2.24) is 9.88 Å². The van der Waals surface area contributed by atoms with Gasteiger partial charge in [-0.15, -0.1) is 0 Å². The van der Waals surface area contributed by atoms with E-state index in [0.29, 0.717) is 24.5 Å². The van der Waals surface area contributed by atoms with Gasteiger partial charge in [0.15, 0.2) is 0 Å². The number of nitrogens with one attached hydrogen (secondary N) is 1. The molecule has 6 heteroatoms. The fourth-order valence-electron chi connectivity index (χ4n) is 2.26. The summed E-state index contributed by atoms with van der Waals surface area (Å²) in [5.41, 5.74) is 3.61. The van der Waals surface area contributed by atoms with Crippen molar-refractivity contribution in [1.29, 1.82) is 0 Å². The van der Waals surface area contributed by atoms with E-state index in [0.717, 1.165) is 19.4 Å². The van der Waals surface area contributed by atoms with E-state index in [9.17, 15) is 4.79 Å².